The number of anilines is 2. The van der Waals surface area contributed by atoms with E-state index in [0.717, 1.165) is 39.4 Å². The molecule has 3 heterocycles. The predicted octanol–water partition coefficient (Wildman–Crippen LogP) is 8.27. The van der Waals surface area contributed by atoms with Gasteiger partial charge in [-0.25, -0.2) is 14.8 Å². The molecule has 0 saturated carbocycles. The Morgan fingerprint density at radius 3 is 2.64 bits per heavy atom. The number of aromatic nitrogens is 2. The Morgan fingerprint density at radius 2 is 1.97 bits per heavy atom. The monoisotopic (exact) mass is 517 g/mol. The van der Waals surface area contributed by atoms with E-state index < -0.39 is 5.97 Å². The molecule has 4 aromatic rings. The first kappa shape index (κ1) is 23.7. The smallest absolute Gasteiger partial charge is 0.339 e. The molecule has 0 amide bonds. The van der Waals surface area contributed by atoms with Crippen LogP contribution in [0.2, 0.25) is 10.0 Å². The van der Waals surface area contributed by atoms with Gasteiger partial charge in [0.1, 0.15) is 11.4 Å². The topological polar surface area (TPSA) is 75.1 Å². The summed E-state index contributed by atoms with van der Waals surface area (Å²) in [6.07, 6.45) is 3.45. The molecule has 33 heavy (non-hydrogen) atoms. The maximum atomic E-state index is 12.0. The van der Waals surface area contributed by atoms with Gasteiger partial charge in [0.05, 0.1) is 20.6 Å². The lowest BCUT2D eigenvalue weighted by atomic mass is 10.0. The van der Waals surface area contributed by atoms with E-state index in [1.165, 1.54) is 22.7 Å². The highest BCUT2D eigenvalue weighted by Crippen LogP contribution is 2.38. The number of pyridine rings is 1. The standard InChI is InChI=1S/C24H21Cl2N3O2S2/c1-13(2)5-8-19-21(14-6-7-17(25)18(26)11-14)33-24(28-19)29-22-16(23(30)31)10-15(12-27-22)20-4-3-9-32-20/h3-4,6-7,9-13H,5,8H2,1-2H3,(H,30,31)(H,27,28,29). The summed E-state index contributed by atoms with van der Waals surface area (Å²) < 4.78 is 0. The number of halogens is 2. The third-order valence-corrected chi connectivity index (χ3v) is 7.71. The number of thiazole rings is 1. The summed E-state index contributed by atoms with van der Waals surface area (Å²) in [4.78, 5) is 23.1. The first-order valence-corrected chi connectivity index (χ1v) is 12.8. The second kappa shape index (κ2) is 10.2. The molecule has 170 valence electrons. The van der Waals surface area contributed by atoms with E-state index in [1.807, 2.05) is 29.6 Å². The van der Waals surface area contributed by atoms with Gasteiger partial charge in [-0.15, -0.1) is 11.3 Å². The molecule has 0 spiro atoms. The van der Waals surface area contributed by atoms with Crippen molar-refractivity contribution in [2.75, 3.05) is 5.32 Å². The van der Waals surface area contributed by atoms with E-state index in [2.05, 4.69) is 24.1 Å². The molecule has 5 nitrogen and oxygen atoms in total. The number of aryl methyl sites for hydroxylation is 1. The van der Waals surface area contributed by atoms with E-state index in [0.29, 0.717) is 21.1 Å². The van der Waals surface area contributed by atoms with Crippen molar-refractivity contribution in [1.82, 2.24) is 9.97 Å². The maximum absolute atomic E-state index is 12.0. The maximum Gasteiger partial charge on any atom is 0.339 e. The van der Waals surface area contributed by atoms with Crippen LogP contribution in [0, 0.1) is 5.92 Å². The number of hydrogen-bond acceptors (Lipinski definition) is 6. The number of carboxylic acids is 1. The van der Waals surface area contributed by atoms with Crippen molar-refractivity contribution < 1.29 is 9.90 Å². The fourth-order valence-electron chi connectivity index (χ4n) is 3.27. The normalized spacial score (nSPS) is 11.2. The van der Waals surface area contributed by atoms with Crippen molar-refractivity contribution in [1.29, 1.82) is 0 Å². The molecule has 0 atom stereocenters. The molecule has 0 saturated heterocycles. The number of aromatic carboxylic acids is 1. The minimum atomic E-state index is -1.05. The number of benzene rings is 1. The van der Waals surface area contributed by atoms with Gasteiger partial charge >= 0.3 is 5.97 Å². The van der Waals surface area contributed by atoms with Gasteiger partial charge in [-0.05, 0) is 54.0 Å². The lowest BCUT2D eigenvalue weighted by Crippen LogP contribution is -2.05. The van der Waals surface area contributed by atoms with Crippen molar-refractivity contribution >= 4 is 62.8 Å². The van der Waals surface area contributed by atoms with Crippen molar-refractivity contribution in [3.63, 3.8) is 0 Å². The first-order chi connectivity index (χ1) is 15.8. The number of hydrogen-bond donors (Lipinski definition) is 2. The summed E-state index contributed by atoms with van der Waals surface area (Å²) in [6, 6.07) is 11.0. The molecule has 2 N–H and O–H groups in total. The molecule has 0 aliphatic heterocycles. The number of thiophene rings is 1. The molecule has 1 aromatic carbocycles. The SMILES string of the molecule is CC(C)CCc1nc(Nc2ncc(-c3cccs3)cc2C(=O)O)sc1-c1ccc(Cl)c(Cl)c1. The van der Waals surface area contributed by atoms with Gasteiger partial charge in [-0.2, -0.15) is 0 Å². The van der Waals surface area contributed by atoms with Crippen LogP contribution >= 0.6 is 45.9 Å². The van der Waals surface area contributed by atoms with Crippen molar-refractivity contribution in [2.24, 2.45) is 5.92 Å². The largest absolute Gasteiger partial charge is 0.478 e. The molecule has 0 fully saturated rings. The van der Waals surface area contributed by atoms with Gasteiger partial charge in [0.15, 0.2) is 5.13 Å². The van der Waals surface area contributed by atoms with Gasteiger partial charge < -0.3 is 10.4 Å². The van der Waals surface area contributed by atoms with Crippen LogP contribution in [0.1, 0.15) is 36.3 Å². The second-order valence-corrected chi connectivity index (χ2v) is 10.6. The molecule has 0 bridgehead atoms. The van der Waals surface area contributed by atoms with Crippen LogP contribution in [0.3, 0.4) is 0 Å². The number of carboxylic acid groups (broad SMARTS) is 1. The van der Waals surface area contributed by atoms with Gasteiger partial charge in [0.25, 0.3) is 0 Å². The summed E-state index contributed by atoms with van der Waals surface area (Å²) >= 11 is 15.3. The highest BCUT2D eigenvalue weighted by atomic mass is 35.5. The number of nitrogens with zero attached hydrogens (tertiary/aromatic N) is 2. The third kappa shape index (κ3) is 5.55. The first-order valence-electron chi connectivity index (χ1n) is 10.3. The van der Waals surface area contributed by atoms with Crippen molar-refractivity contribution in [3.05, 3.63) is 69.3 Å². The Hall–Kier alpha value is -2.45. The van der Waals surface area contributed by atoms with Crippen LogP contribution in [0.5, 0.6) is 0 Å². The van der Waals surface area contributed by atoms with E-state index in [9.17, 15) is 9.90 Å². The lowest BCUT2D eigenvalue weighted by molar-refractivity contribution is 0.0697. The van der Waals surface area contributed by atoms with Gasteiger partial charge in [0, 0.05) is 16.6 Å². The molecule has 0 aliphatic rings. The number of rotatable bonds is 8. The molecule has 0 unspecified atom stereocenters. The summed E-state index contributed by atoms with van der Waals surface area (Å²) in [5.74, 6) is -0.271. The lowest BCUT2D eigenvalue weighted by Gasteiger charge is -2.07. The van der Waals surface area contributed by atoms with Crippen molar-refractivity contribution in [2.45, 2.75) is 26.7 Å². The molecule has 0 aliphatic carbocycles. The Balaban J connectivity index is 1.70. The molecule has 3 aromatic heterocycles. The van der Waals surface area contributed by atoms with Crippen LogP contribution in [0.25, 0.3) is 20.9 Å². The van der Waals surface area contributed by atoms with Gasteiger partial charge in [0.2, 0.25) is 0 Å². The minimum absolute atomic E-state index is 0.0934. The van der Waals surface area contributed by atoms with Crippen LogP contribution in [-0.2, 0) is 6.42 Å². The van der Waals surface area contributed by atoms with E-state index in [-0.39, 0.29) is 11.4 Å². The minimum Gasteiger partial charge on any atom is -0.478 e. The average Bonchev–Trinajstić information content (AvgIpc) is 3.45. The summed E-state index contributed by atoms with van der Waals surface area (Å²) in [6.45, 7) is 4.34. The zero-order valence-corrected chi connectivity index (χ0v) is 21.1. The number of nitrogens with one attached hydrogen (secondary N) is 1. The van der Waals surface area contributed by atoms with E-state index in [4.69, 9.17) is 28.2 Å². The van der Waals surface area contributed by atoms with Crippen LogP contribution in [0.15, 0.2) is 48.0 Å². The predicted molar refractivity (Wildman–Crippen MR) is 139 cm³/mol. The van der Waals surface area contributed by atoms with E-state index >= 15 is 0 Å². The number of carbonyl (C=O) groups is 1. The summed E-state index contributed by atoms with van der Waals surface area (Å²) in [7, 11) is 0. The highest BCUT2D eigenvalue weighted by Gasteiger charge is 2.19. The fourth-order valence-corrected chi connectivity index (χ4v) is 5.28. The van der Waals surface area contributed by atoms with E-state index in [1.54, 1.807) is 18.3 Å². The molecule has 9 heteroatoms. The Labute approximate surface area is 210 Å². The molecular formula is C24H21Cl2N3O2S2. The Morgan fingerprint density at radius 1 is 1.15 bits per heavy atom. The van der Waals surface area contributed by atoms with Gasteiger partial charge in [-0.3, -0.25) is 0 Å². The molecular weight excluding hydrogens is 497 g/mol. The quantitative estimate of drug-likeness (QED) is 0.246. The van der Waals surface area contributed by atoms with Crippen LogP contribution in [-0.4, -0.2) is 21.0 Å². The zero-order valence-electron chi connectivity index (χ0n) is 17.9. The third-order valence-electron chi connectivity index (χ3n) is 4.99. The Bertz CT molecular complexity index is 1290. The van der Waals surface area contributed by atoms with Crippen LogP contribution in [0.4, 0.5) is 10.9 Å². The fraction of sp³-hybridized carbons (Fsp3) is 0.208. The van der Waals surface area contributed by atoms with Gasteiger partial charge in [-0.1, -0.05) is 60.5 Å². The highest BCUT2D eigenvalue weighted by molar-refractivity contribution is 7.19. The molecule has 0 radical (unpaired) electrons. The molecule has 4 rings (SSSR count). The summed E-state index contributed by atoms with van der Waals surface area (Å²) in [5.41, 5.74) is 2.71. The zero-order chi connectivity index (χ0) is 23.5. The van der Waals surface area contributed by atoms with Crippen molar-refractivity contribution in [3.8, 4) is 20.9 Å². The average molecular weight is 518 g/mol. The van der Waals surface area contributed by atoms with Crippen LogP contribution < -0.4 is 5.32 Å². The Kier molecular flexibility index (Phi) is 7.34. The summed E-state index contributed by atoms with van der Waals surface area (Å²) in [5, 5.41) is 16.4. The second-order valence-electron chi connectivity index (χ2n) is 7.88.